The number of para-hydroxylation sites is 1. The standard InChI is InChI=1S/C24H21BrN2O4/c1-3-30-22-10-5-4-9-20(22)23(28)27-26-15-18-14-19(25)11-12-21(18)31-24(29)17-8-6-7-16(2)13-17/h4-15H,3H2,1-2H3,(H,27,28)/b26-15-. The van der Waals surface area contributed by atoms with E-state index in [1.165, 1.54) is 6.21 Å². The zero-order valence-electron chi connectivity index (χ0n) is 17.1. The number of carbonyl (C=O) groups is 2. The van der Waals surface area contributed by atoms with Crippen LogP contribution in [-0.4, -0.2) is 24.7 Å². The van der Waals surface area contributed by atoms with E-state index in [0.717, 1.165) is 10.0 Å². The van der Waals surface area contributed by atoms with Crippen LogP contribution in [0, 0.1) is 6.92 Å². The minimum atomic E-state index is -0.477. The Kier molecular flexibility index (Phi) is 7.56. The SMILES string of the molecule is CCOc1ccccc1C(=O)N/N=C\c1cc(Br)ccc1OC(=O)c1cccc(C)c1. The molecular weight excluding hydrogens is 460 g/mol. The maximum Gasteiger partial charge on any atom is 0.343 e. The Balaban J connectivity index is 1.76. The molecule has 1 N–H and O–H groups in total. The summed E-state index contributed by atoms with van der Waals surface area (Å²) in [6.45, 7) is 4.20. The number of carbonyl (C=O) groups excluding carboxylic acids is 2. The van der Waals surface area contributed by atoms with Crippen molar-refractivity contribution in [3.8, 4) is 11.5 Å². The third-order valence-corrected chi connectivity index (χ3v) is 4.72. The Hall–Kier alpha value is -3.45. The van der Waals surface area contributed by atoms with Gasteiger partial charge in [0.25, 0.3) is 5.91 Å². The van der Waals surface area contributed by atoms with Crippen molar-refractivity contribution in [3.05, 3.63) is 93.5 Å². The lowest BCUT2D eigenvalue weighted by atomic mass is 10.1. The summed E-state index contributed by atoms with van der Waals surface area (Å²) in [5.74, 6) is -0.0840. The van der Waals surface area contributed by atoms with Gasteiger partial charge in [0.1, 0.15) is 11.5 Å². The fraction of sp³-hybridized carbons (Fsp3) is 0.125. The highest BCUT2D eigenvalue weighted by Crippen LogP contribution is 2.23. The predicted octanol–water partition coefficient (Wildman–Crippen LogP) is 5.14. The van der Waals surface area contributed by atoms with E-state index in [4.69, 9.17) is 9.47 Å². The molecule has 0 aliphatic heterocycles. The number of amides is 1. The number of benzene rings is 3. The monoisotopic (exact) mass is 480 g/mol. The number of ether oxygens (including phenoxy) is 2. The second kappa shape index (κ2) is 10.5. The summed E-state index contributed by atoms with van der Waals surface area (Å²) in [7, 11) is 0. The summed E-state index contributed by atoms with van der Waals surface area (Å²) < 4.78 is 11.8. The highest BCUT2D eigenvalue weighted by atomic mass is 79.9. The molecule has 1 amide bonds. The van der Waals surface area contributed by atoms with Crippen LogP contribution in [0.15, 0.2) is 76.3 Å². The molecule has 3 aromatic carbocycles. The molecular formula is C24H21BrN2O4. The number of esters is 1. The van der Waals surface area contributed by atoms with Gasteiger partial charge in [-0.05, 0) is 56.3 Å². The maximum atomic E-state index is 12.5. The van der Waals surface area contributed by atoms with Crippen molar-refractivity contribution in [2.45, 2.75) is 13.8 Å². The molecule has 0 bridgehead atoms. The number of hydrogen-bond donors (Lipinski definition) is 1. The van der Waals surface area contributed by atoms with E-state index in [1.807, 2.05) is 19.9 Å². The molecule has 0 heterocycles. The molecule has 158 valence electrons. The lowest BCUT2D eigenvalue weighted by molar-refractivity contribution is 0.0734. The number of hydrazone groups is 1. The molecule has 0 aliphatic carbocycles. The molecule has 0 unspecified atom stereocenters. The average Bonchev–Trinajstić information content (AvgIpc) is 2.76. The first kappa shape index (κ1) is 22.2. The quantitative estimate of drug-likeness (QED) is 0.220. The lowest BCUT2D eigenvalue weighted by Crippen LogP contribution is -2.19. The van der Waals surface area contributed by atoms with Gasteiger partial charge in [-0.15, -0.1) is 0 Å². The van der Waals surface area contributed by atoms with Crippen molar-refractivity contribution in [3.63, 3.8) is 0 Å². The van der Waals surface area contributed by atoms with Gasteiger partial charge in [-0.1, -0.05) is 45.8 Å². The van der Waals surface area contributed by atoms with E-state index < -0.39 is 11.9 Å². The summed E-state index contributed by atoms with van der Waals surface area (Å²) in [6.07, 6.45) is 1.42. The van der Waals surface area contributed by atoms with E-state index in [0.29, 0.717) is 34.8 Å². The van der Waals surface area contributed by atoms with Crippen molar-refractivity contribution < 1.29 is 19.1 Å². The summed E-state index contributed by atoms with van der Waals surface area (Å²) in [5.41, 5.74) is 4.79. The first-order chi connectivity index (χ1) is 15.0. The van der Waals surface area contributed by atoms with Crippen LogP contribution < -0.4 is 14.9 Å². The second-order valence-corrected chi connectivity index (χ2v) is 7.49. The van der Waals surface area contributed by atoms with Gasteiger partial charge in [0.2, 0.25) is 0 Å². The van der Waals surface area contributed by atoms with Gasteiger partial charge < -0.3 is 9.47 Å². The zero-order valence-corrected chi connectivity index (χ0v) is 18.7. The van der Waals surface area contributed by atoms with Gasteiger partial charge in [-0.3, -0.25) is 4.79 Å². The van der Waals surface area contributed by atoms with Gasteiger partial charge in [0.05, 0.1) is 23.9 Å². The lowest BCUT2D eigenvalue weighted by Gasteiger charge is -2.09. The summed E-state index contributed by atoms with van der Waals surface area (Å²) in [4.78, 5) is 25.0. The van der Waals surface area contributed by atoms with E-state index in [2.05, 4.69) is 26.5 Å². The van der Waals surface area contributed by atoms with Crippen LogP contribution in [0.2, 0.25) is 0 Å². The first-order valence-electron chi connectivity index (χ1n) is 9.61. The molecule has 0 aromatic heterocycles. The van der Waals surface area contributed by atoms with Crippen LogP contribution in [0.1, 0.15) is 38.8 Å². The summed E-state index contributed by atoms with van der Waals surface area (Å²) >= 11 is 3.40. The molecule has 31 heavy (non-hydrogen) atoms. The fourth-order valence-corrected chi connectivity index (χ4v) is 3.18. The number of hydrogen-bond acceptors (Lipinski definition) is 5. The van der Waals surface area contributed by atoms with E-state index in [1.54, 1.807) is 60.7 Å². The Morgan fingerprint density at radius 1 is 1.03 bits per heavy atom. The van der Waals surface area contributed by atoms with Gasteiger partial charge >= 0.3 is 5.97 Å². The summed E-state index contributed by atoms with van der Waals surface area (Å²) in [5, 5.41) is 4.02. The summed E-state index contributed by atoms with van der Waals surface area (Å²) in [6, 6.07) is 19.2. The van der Waals surface area contributed by atoms with Gasteiger partial charge in [-0.25, -0.2) is 10.2 Å². The predicted molar refractivity (Wildman–Crippen MR) is 123 cm³/mol. The molecule has 7 heteroatoms. The van der Waals surface area contributed by atoms with Gasteiger partial charge in [0, 0.05) is 10.0 Å². The van der Waals surface area contributed by atoms with E-state index in [9.17, 15) is 9.59 Å². The molecule has 0 radical (unpaired) electrons. The molecule has 6 nitrogen and oxygen atoms in total. The molecule has 3 aromatic rings. The highest BCUT2D eigenvalue weighted by Gasteiger charge is 2.13. The Morgan fingerprint density at radius 2 is 1.84 bits per heavy atom. The van der Waals surface area contributed by atoms with E-state index >= 15 is 0 Å². The van der Waals surface area contributed by atoms with Crippen molar-refractivity contribution in [2.24, 2.45) is 5.10 Å². The topological polar surface area (TPSA) is 77.0 Å². The second-order valence-electron chi connectivity index (χ2n) is 6.57. The zero-order chi connectivity index (χ0) is 22.2. The number of aryl methyl sites for hydroxylation is 1. The highest BCUT2D eigenvalue weighted by molar-refractivity contribution is 9.10. The molecule has 0 aliphatic rings. The first-order valence-corrected chi connectivity index (χ1v) is 10.4. The maximum absolute atomic E-state index is 12.5. The smallest absolute Gasteiger partial charge is 0.343 e. The van der Waals surface area contributed by atoms with Crippen molar-refractivity contribution in [1.29, 1.82) is 0 Å². The Labute approximate surface area is 189 Å². The van der Waals surface area contributed by atoms with Crippen LogP contribution in [0.3, 0.4) is 0 Å². The van der Waals surface area contributed by atoms with Crippen molar-refractivity contribution >= 4 is 34.0 Å². The van der Waals surface area contributed by atoms with Gasteiger partial charge in [0.15, 0.2) is 0 Å². The third-order valence-electron chi connectivity index (χ3n) is 4.23. The van der Waals surface area contributed by atoms with Crippen molar-refractivity contribution in [1.82, 2.24) is 5.43 Å². The van der Waals surface area contributed by atoms with Crippen LogP contribution >= 0.6 is 15.9 Å². The van der Waals surface area contributed by atoms with Crippen LogP contribution in [0.25, 0.3) is 0 Å². The number of nitrogens with zero attached hydrogens (tertiary/aromatic N) is 1. The Morgan fingerprint density at radius 3 is 2.61 bits per heavy atom. The largest absolute Gasteiger partial charge is 0.493 e. The van der Waals surface area contributed by atoms with E-state index in [-0.39, 0.29) is 0 Å². The van der Waals surface area contributed by atoms with Crippen LogP contribution in [0.4, 0.5) is 0 Å². The molecule has 0 saturated heterocycles. The normalized spacial score (nSPS) is 10.7. The Bertz CT molecular complexity index is 1130. The minimum Gasteiger partial charge on any atom is -0.493 e. The number of halogens is 1. The molecule has 0 saturated carbocycles. The molecule has 3 rings (SSSR count). The van der Waals surface area contributed by atoms with Gasteiger partial charge in [-0.2, -0.15) is 5.10 Å². The number of nitrogens with one attached hydrogen (secondary N) is 1. The minimum absolute atomic E-state index is 0.322. The van der Waals surface area contributed by atoms with Crippen LogP contribution in [0.5, 0.6) is 11.5 Å². The fourth-order valence-electron chi connectivity index (χ4n) is 2.80. The third kappa shape index (κ3) is 6.02. The molecule has 0 spiro atoms. The number of rotatable bonds is 7. The molecule has 0 atom stereocenters. The van der Waals surface area contributed by atoms with Crippen molar-refractivity contribution in [2.75, 3.05) is 6.61 Å². The average molecular weight is 481 g/mol. The molecule has 0 fully saturated rings. The van der Waals surface area contributed by atoms with Crippen LogP contribution in [-0.2, 0) is 0 Å².